The van der Waals surface area contributed by atoms with Crippen LogP contribution in [0.25, 0.3) is 0 Å². The lowest BCUT2D eigenvalue weighted by Gasteiger charge is -2.23. The normalized spacial score (nSPS) is 13.5. The van der Waals surface area contributed by atoms with Crippen molar-refractivity contribution in [1.82, 2.24) is 5.16 Å². The molecular formula is C12H21N3O2. The van der Waals surface area contributed by atoms with Gasteiger partial charge in [0.15, 0.2) is 0 Å². The van der Waals surface area contributed by atoms with Gasteiger partial charge < -0.3 is 10.3 Å². The molecule has 0 spiro atoms. The van der Waals surface area contributed by atoms with Crippen molar-refractivity contribution >= 4 is 11.8 Å². The fourth-order valence-electron chi connectivity index (χ4n) is 1.67. The third kappa shape index (κ3) is 4.56. The van der Waals surface area contributed by atoms with Crippen LogP contribution in [0.3, 0.4) is 0 Å². The molecular weight excluding hydrogens is 218 g/mol. The number of hydrogen-bond donors (Lipinski definition) is 2. The van der Waals surface area contributed by atoms with Crippen LogP contribution in [0.2, 0.25) is 0 Å². The molecule has 3 N–H and O–H groups in total. The largest absolute Gasteiger partial charge is 0.338 e. The van der Waals surface area contributed by atoms with Gasteiger partial charge in [-0.1, -0.05) is 25.9 Å². The molecule has 0 aromatic carbocycles. The van der Waals surface area contributed by atoms with E-state index in [1.807, 2.05) is 0 Å². The van der Waals surface area contributed by atoms with Gasteiger partial charge in [-0.15, -0.1) is 0 Å². The summed E-state index contributed by atoms with van der Waals surface area (Å²) in [5.74, 6) is 0.0545. The minimum absolute atomic E-state index is 0.0682. The van der Waals surface area contributed by atoms with Crippen LogP contribution in [-0.2, 0) is 4.79 Å². The average molecular weight is 239 g/mol. The number of aromatic nitrogens is 1. The van der Waals surface area contributed by atoms with E-state index >= 15 is 0 Å². The van der Waals surface area contributed by atoms with Crippen molar-refractivity contribution in [2.75, 3.05) is 11.9 Å². The first-order chi connectivity index (χ1) is 7.81. The van der Waals surface area contributed by atoms with Crippen LogP contribution in [0.1, 0.15) is 32.9 Å². The number of aryl methyl sites for hydroxylation is 1. The van der Waals surface area contributed by atoms with Gasteiger partial charge in [-0.2, -0.15) is 0 Å². The van der Waals surface area contributed by atoms with Crippen LogP contribution in [-0.4, -0.2) is 17.6 Å². The average Bonchev–Trinajstić information content (AvgIpc) is 2.59. The molecule has 0 saturated heterocycles. The lowest BCUT2D eigenvalue weighted by molar-refractivity contribution is -0.120. The first kappa shape index (κ1) is 13.7. The molecule has 96 valence electrons. The number of nitrogens with two attached hydrogens (primary N) is 1. The Morgan fingerprint density at radius 3 is 2.65 bits per heavy atom. The molecule has 0 fully saturated rings. The summed E-state index contributed by atoms with van der Waals surface area (Å²) in [4.78, 5) is 12.0. The number of carbonyl (C=O) groups excluding carboxylic acids is 1. The number of nitrogens with zero attached hydrogens (tertiary/aromatic N) is 1. The van der Waals surface area contributed by atoms with E-state index < -0.39 is 0 Å². The summed E-state index contributed by atoms with van der Waals surface area (Å²) in [5.41, 5.74) is 6.44. The number of hydrogen-bond acceptors (Lipinski definition) is 4. The lowest BCUT2D eigenvalue weighted by atomic mass is 9.84. The monoisotopic (exact) mass is 239 g/mol. The molecule has 17 heavy (non-hydrogen) atoms. The molecule has 0 bridgehead atoms. The van der Waals surface area contributed by atoms with E-state index in [0.717, 1.165) is 12.1 Å². The van der Waals surface area contributed by atoms with Gasteiger partial charge in [-0.3, -0.25) is 10.1 Å². The van der Waals surface area contributed by atoms with Crippen molar-refractivity contribution < 1.29 is 9.32 Å². The Morgan fingerprint density at radius 1 is 1.59 bits per heavy atom. The molecule has 1 unspecified atom stereocenters. The SMILES string of the molecule is Cc1cc(NC(=O)C(CN)CC(C)(C)C)on1. The van der Waals surface area contributed by atoms with Crippen molar-refractivity contribution in [2.45, 2.75) is 34.1 Å². The van der Waals surface area contributed by atoms with Gasteiger partial charge in [0.25, 0.3) is 0 Å². The summed E-state index contributed by atoms with van der Waals surface area (Å²) in [6.07, 6.45) is 0.739. The molecule has 1 aromatic heterocycles. The second-order valence-electron chi connectivity index (χ2n) is 5.52. The fourth-order valence-corrected chi connectivity index (χ4v) is 1.67. The Morgan fingerprint density at radius 2 is 2.24 bits per heavy atom. The molecule has 0 radical (unpaired) electrons. The van der Waals surface area contributed by atoms with E-state index in [0.29, 0.717) is 12.4 Å². The van der Waals surface area contributed by atoms with Crippen molar-refractivity contribution in [2.24, 2.45) is 17.1 Å². The topological polar surface area (TPSA) is 81.2 Å². The Kier molecular flexibility index (Phi) is 4.28. The van der Waals surface area contributed by atoms with E-state index in [4.69, 9.17) is 10.3 Å². The summed E-state index contributed by atoms with van der Waals surface area (Å²) >= 11 is 0. The molecule has 1 rings (SSSR count). The Bertz CT molecular complexity index is 379. The molecule has 1 atom stereocenters. The fraction of sp³-hybridized carbons (Fsp3) is 0.667. The summed E-state index contributed by atoms with van der Waals surface area (Å²) < 4.78 is 4.94. The highest BCUT2D eigenvalue weighted by Crippen LogP contribution is 2.24. The zero-order chi connectivity index (χ0) is 13.1. The minimum Gasteiger partial charge on any atom is -0.338 e. The van der Waals surface area contributed by atoms with Crippen molar-refractivity contribution in [3.05, 3.63) is 11.8 Å². The lowest BCUT2D eigenvalue weighted by Crippen LogP contribution is -2.32. The Hall–Kier alpha value is -1.36. The first-order valence-corrected chi connectivity index (χ1v) is 5.76. The second-order valence-corrected chi connectivity index (χ2v) is 5.52. The zero-order valence-corrected chi connectivity index (χ0v) is 10.9. The first-order valence-electron chi connectivity index (χ1n) is 5.76. The number of anilines is 1. The van der Waals surface area contributed by atoms with Gasteiger partial charge in [0, 0.05) is 12.6 Å². The van der Waals surface area contributed by atoms with E-state index in [-0.39, 0.29) is 17.2 Å². The third-order valence-electron chi connectivity index (χ3n) is 2.39. The summed E-state index contributed by atoms with van der Waals surface area (Å²) in [7, 11) is 0. The molecule has 0 saturated carbocycles. The van der Waals surface area contributed by atoms with Gasteiger partial charge in [0.05, 0.1) is 11.6 Å². The molecule has 0 aliphatic heterocycles. The number of carbonyl (C=O) groups is 1. The molecule has 1 heterocycles. The standard InChI is InChI=1S/C12H21N3O2/c1-8-5-10(17-15-8)14-11(16)9(7-13)6-12(2,3)4/h5,9H,6-7,13H2,1-4H3,(H,14,16). The molecule has 1 aromatic rings. The maximum atomic E-state index is 12.0. The molecule has 1 amide bonds. The smallest absolute Gasteiger partial charge is 0.231 e. The number of nitrogens with one attached hydrogen (secondary N) is 1. The summed E-state index contributed by atoms with van der Waals surface area (Å²) in [6, 6.07) is 1.68. The van der Waals surface area contributed by atoms with Crippen molar-refractivity contribution in [3.8, 4) is 0 Å². The van der Waals surface area contributed by atoms with Crippen LogP contribution < -0.4 is 11.1 Å². The summed E-state index contributed by atoms with van der Waals surface area (Å²) in [6.45, 7) is 8.38. The number of amides is 1. The van der Waals surface area contributed by atoms with Crippen LogP contribution in [0, 0.1) is 18.3 Å². The quantitative estimate of drug-likeness (QED) is 0.841. The van der Waals surface area contributed by atoms with Gasteiger partial charge in [-0.05, 0) is 18.8 Å². The predicted molar refractivity (Wildman–Crippen MR) is 66.5 cm³/mol. The predicted octanol–water partition coefficient (Wildman–Crippen LogP) is 1.93. The Labute approximate surface area is 102 Å². The molecule has 5 heteroatoms. The van der Waals surface area contributed by atoms with Gasteiger partial charge in [0.2, 0.25) is 11.8 Å². The van der Waals surface area contributed by atoms with Gasteiger partial charge in [-0.25, -0.2) is 0 Å². The highest BCUT2D eigenvalue weighted by atomic mass is 16.5. The third-order valence-corrected chi connectivity index (χ3v) is 2.39. The zero-order valence-electron chi connectivity index (χ0n) is 10.9. The maximum Gasteiger partial charge on any atom is 0.231 e. The molecule has 0 aliphatic carbocycles. The van der Waals surface area contributed by atoms with E-state index in [1.165, 1.54) is 0 Å². The van der Waals surface area contributed by atoms with Crippen molar-refractivity contribution in [1.29, 1.82) is 0 Å². The maximum absolute atomic E-state index is 12.0. The van der Waals surface area contributed by atoms with E-state index in [1.54, 1.807) is 13.0 Å². The van der Waals surface area contributed by atoms with Crippen molar-refractivity contribution in [3.63, 3.8) is 0 Å². The van der Waals surface area contributed by atoms with Gasteiger partial charge in [0.1, 0.15) is 0 Å². The van der Waals surface area contributed by atoms with Gasteiger partial charge >= 0.3 is 0 Å². The minimum atomic E-state index is -0.208. The van der Waals surface area contributed by atoms with Crippen LogP contribution in [0.4, 0.5) is 5.88 Å². The molecule has 0 aliphatic rings. The van der Waals surface area contributed by atoms with Crippen LogP contribution >= 0.6 is 0 Å². The van der Waals surface area contributed by atoms with E-state index in [9.17, 15) is 4.79 Å². The number of rotatable bonds is 4. The molecule has 5 nitrogen and oxygen atoms in total. The highest BCUT2D eigenvalue weighted by Gasteiger charge is 2.24. The second kappa shape index (κ2) is 5.31. The van der Waals surface area contributed by atoms with Crippen LogP contribution in [0.5, 0.6) is 0 Å². The Balaban J connectivity index is 2.61. The van der Waals surface area contributed by atoms with Crippen LogP contribution in [0.15, 0.2) is 10.6 Å². The van der Waals surface area contributed by atoms with E-state index in [2.05, 4.69) is 31.2 Å². The highest BCUT2D eigenvalue weighted by molar-refractivity contribution is 5.91. The summed E-state index contributed by atoms with van der Waals surface area (Å²) in [5, 5.41) is 6.40.